The third kappa shape index (κ3) is 3.43. The molecule has 3 nitrogen and oxygen atoms in total. The molecule has 2 atom stereocenters. The molecular weight excluding hydrogens is 231 g/mol. The summed E-state index contributed by atoms with van der Waals surface area (Å²) in [5.74, 6) is 0.401. The molecule has 0 heterocycles. The van der Waals surface area contributed by atoms with Crippen LogP contribution in [0.3, 0.4) is 0 Å². The van der Waals surface area contributed by atoms with Crippen LogP contribution in [0.1, 0.15) is 24.9 Å². The summed E-state index contributed by atoms with van der Waals surface area (Å²) < 4.78 is 18.7. The molecule has 1 aromatic rings. The van der Waals surface area contributed by atoms with Gasteiger partial charge in [-0.2, -0.15) is 0 Å². The number of nitrogens with one attached hydrogen (secondary N) is 2. The summed E-state index contributed by atoms with van der Waals surface area (Å²) in [4.78, 5) is 0. The summed E-state index contributed by atoms with van der Waals surface area (Å²) in [5, 5.41) is 6.45. The predicted octanol–water partition coefficient (Wildman–Crippen LogP) is 2.34. The van der Waals surface area contributed by atoms with Crippen molar-refractivity contribution in [3.63, 3.8) is 0 Å². The fraction of sp³-hybridized carbons (Fsp3) is 0.571. The Morgan fingerprint density at radius 3 is 2.50 bits per heavy atom. The second-order valence-corrected chi connectivity index (χ2v) is 4.39. The Morgan fingerprint density at radius 1 is 1.33 bits per heavy atom. The molecule has 102 valence electrons. The summed E-state index contributed by atoms with van der Waals surface area (Å²) in [6.45, 7) is 3.04. The lowest BCUT2D eigenvalue weighted by Crippen LogP contribution is -2.31. The Bertz CT molecular complexity index is 371. The van der Waals surface area contributed by atoms with Crippen molar-refractivity contribution in [3.8, 4) is 5.75 Å². The average molecular weight is 254 g/mol. The topological polar surface area (TPSA) is 33.3 Å². The van der Waals surface area contributed by atoms with Crippen molar-refractivity contribution in [3.05, 3.63) is 29.6 Å². The molecule has 1 aromatic carbocycles. The number of hydrogen-bond donors (Lipinski definition) is 2. The third-order valence-corrected chi connectivity index (χ3v) is 3.31. The van der Waals surface area contributed by atoms with Gasteiger partial charge >= 0.3 is 0 Å². The Balaban J connectivity index is 2.97. The van der Waals surface area contributed by atoms with Gasteiger partial charge in [-0.05, 0) is 44.3 Å². The Kier molecular flexibility index (Phi) is 6.09. The highest BCUT2D eigenvalue weighted by Crippen LogP contribution is 2.27. The number of hydrogen-bond acceptors (Lipinski definition) is 3. The van der Waals surface area contributed by atoms with E-state index >= 15 is 0 Å². The van der Waals surface area contributed by atoms with Gasteiger partial charge in [-0.25, -0.2) is 4.39 Å². The largest absolute Gasteiger partial charge is 0.494 e. The van der Waals surface area contributed by atoms with Crippen molar-refractivity contribution in [2.45, 2.75) is 19.4 Å². The molecule has 0 saturated heterocycles. The molecule has 0 spiro atoms. The van der Waals surface area contributed by atoms with Crippen LogP contribution in [0, 0.1) is 11.7 Å². The second-order valence-electron chi connectivity index (χ2n) is 4.39. The lowest BCUT2D eigenvalue weighted by molar-refractivity contribution is 0.355. The van der Waals surface area contributed by atoms with Gasteiger partial charge in [0.05, 0.1) is 7.11 Å². The SMILES string of the molecule is CCC(CNC)C(NC)c1ccc(OC)c(F)c1. The molecular formula is C14H23FN2O. The van der Waals surface area contributed by atoms with Crippen molar-refractivity contribution in [2.75, 3.05) is 27.7 Å². The van der Waals surface area contributed by atoms with Gasteiger partial charge in [-0.15, -0.1) is 0 Å². The summed E-state index contributed by atoms with van der Waals surface area (Å²) in [5.41, 5.74) is 0.956. The smallest absolute Gasteiger partial charge is 0.165 e. The van der Waals surface area contributed by atoms with Crippen LogP contribution in [0.5, 0.6) is 5.75 Å². The van der Waals surface area contributed by atoms with E-state index in [1.807, 2.05) is 20.2 Å². The highest BCUT2D eigenvalue weighted by molar-refractivity contribution is 5.31. The van der Waals surface area contributed by atoms with Gasteiger partial charge in [0, 0.05) is 6.04 Å². The maximum Gasteiger partial charge on any atom is 0.165 e. The molecule has 2 unspecified atom stereocenters. The van der Waals surface area contributed by atoms with Gasteiger partial charge in [0.1, 0.15) is 0 Å². The lowest BCUT2D eigenvalue weighted by Gasteiger charge is -2.26. The van der Waals surface area contributed by atoms with E-state index in [9.17, 15) is 4.39 Å². The zero-order chi connectivity index (χ0) is 13.5. The van der Waals surface area contributed by atoms with E-state index in [1.54, 1.807) is 12.1 Å². The van der Waals surface area contributed by atoms with Crippen molar-refractivity contribution in [1.29, 1.82) is 0 Å². The fourth-order valence-electron chi connectivity index (χ4n) is 2.31. The number of benzene rings is 1. The first-order valence-corrected chi connectivity index (χ1v) is 6.33. The lowest BCUT2D eigenvalue weighted by atomic mass is 9.90. The summed E-state index contributed by atoms with van der Waals surface area (Å²) in [7, 11) is 5.32. The van der Waals surface area contributed by atoms with E-state index in [0.717, 1.165) is 18.5 Å². The highest BCUT2D eigenvalue weighted by Gasteiger charge is 2.20. The molecule has 0 amide bonds. The maximum atomic E-state index is 13.7. The summed E-state index contributed by atoms with van der Waals surface area (Å²) >= 11 is 0. The standard InChI is InChI=1S/C14H23FN2O/c1-5-10(9-16-2)14(17-3)11-6-7-13(18-4)12(15)8-11/h6-8,10,14,16-17H,5,9H2,1-4H3. The van der Waals surface area contributed by atoms with Gasteiger partial charge in [0.25, 0.3) is 0 Å². The van der Waals surface area contributed by atoms with E-state index in [2.05, 4.69) is 17.6 Å². The number of halogens is 1. The van der Waals surface area contributed by atoms with Crippen molar-refractivity contribution in [1.82, 2.24) is 10.6 Å². The molecule has 0 aliphatic heterocycles. The number of methoxy groups -OCH3 is 1. The first kappa shape index (κ1) is 14.9. The van der Waals surface area contributed by atoms with Crippen LogP contribution in [0.15, 0.2) is 18.2 Å². The zero-order valence-electron chi connectivity index (χ0n) is 11.6. The molecule has 2 N–H and O–H groups in total. The quantitative estimate of drug-likeness (QED) is 0.783. The van der Waals surface area contributed by atoms with Crippen molar-refractivity contribution in [2.24, 2.45) is 5.92 Å². The normalized spacial score (nSPS) is 14.3. The van der Waals surface area contributed by atoms with Gasteiger partial charge in [0.15, 0.2) is 11.6 Å². The highest BCUT2D eigenvalue weighted by atomic mass is 19.1. The molecule has 0 saturated carbocycles. The van der Waals surface area contributed by atoms with E-state index in [-0.39, 0.29) is 17.6 Å². The third-order valence-electron chi connectivity index (χ3n) is 3.31. The second kappa shape index (κ2) is 7.34. The first-order chi connectivity index (χ1) is 8.67. The maximum absolute atomic E-state index is 13.7. The summed E-state index contributed by atoms with van der Waals surface area (Å²) in [6, 6.07) is 5.30. The van der Waals surface area contributed by atoms with Gasteiger partial charge in [-0.3, -0.25) is 0 Å². The molecule has 0 aliphatic carbocycles. The molecule has 0 aliphatic rings. The predicted molar refractivity (Wildman–Crippen MR) is 72.5 cm³/mol. The van der Waals surface area contributed by atoms with Crippen molar-refractivity contribution >= 4 is 0 Å². The van der Waals surface area contributed by atoms with Crippen LogP contribution in [0.25, 0.3) is 0 Å². The minimum absolute atomic E-state index is 0.142. The van der Waals surface area contributed by atoms with Crippen LogP contribution in [0.2, 0.25) is 0 Å². The molecule has 0 radical (unpaired) electrons. The Hall–Kier alpha value is -1.13. The fourth-order valence-corrected chi connectivity index (χ4v) is 2.31. The number of ether oxygens (including phenoxy) is 1. The number of rotatable bonds is 7. The average Bonchev–Trinajstić information content (AvgIpc) is 2.38. The first-order valence-electron chi connectivity index (χ1n) is 6.33. The van der Waals surface area contributed by atoms with E-state index in [1.165, 1.54) is 7.11 Å². The molecule has 1 rings (SSSR count). The van der Waals surface area contributed by atoms with Crippen LogP contribution in [-0.4, -0.2) is 27.7 Å². The Labute approximate surface area is 109 Å². The zero-order valence-corrected chi connectivity index (χ0v) is 11.6. The van der Waals surface area contributed by atoms with Gasteiger partial charge < -0.3 is 15.4 Å². The minimum atomic E-state index is -0.311. The minimum Gasteiger partial charge on any atom is -0.494 e. The molecule has 0 bridgehead atoms. The molecule has 0 fully saturated rings. The summed E-state index contributed by atoms with van der Waals surface area (Å²) in [6.07, 6.45) is 1.03. The van der Waals surface area contributed by atoms with Gasteiger partial charge in [0.2, 0.25) is 0 Å². The van der Waals surface area contributed by atoms with Gasteiger partial charge in [-0.1, -0.05) is 19.4 Å². The van der Waals surface area contributed by atoms with E-state index in [0.29, 0.717) is 5.92 Å². The molecule has 4 heteroatoms. The van der Waals surface area contributed by atoms with Crippen LogP contribution < -0.4 is 15.4 Å². The van der Waals surface area contributed by atoms with E-state index < -0.39 is 0 Å². The van der Waals surface area contributed by atoms with Crippen LogP contribution in [-0.2, 0) is 0 Å². The molecule has 0 aromatic heterocycles. The van der Waals surface area contributed by atoms with E-state index in [4.69, 9.17) is 4.74 Å². The van der Waals surface area contributed by atoms with Crippen LogP contribution in [0.4, 0.5) is 4.39 Å². The Morgan fingerprint density at radius 2 is 2.06 bits per heavy atom. The molecule has 18 heavy (non-hydrogen) atoms. The van der Waals surface area contributed by atoms with Crippen LogP contribution >= 0.6 is 0 Å². The monoisotopic (exact) mass is 254 g/mol. The van der Waals surface area contributed by atoms with Crippen molar-refractivity contribution < 1.29 is 9.13 Å².